The number of hydrogen-bond acceptors (Lipinski definition) is 0. The first-order chi connectivity index (χ1) is 9.24. The standard InChI is InChI=1S/C19H32/c1-5-8-11-17-15-14-16(4)18(12-9-6-2)19(17)13-10-7-3/h14-15H,5-13H2,1-4H3. The van der Waals surface area contributed by atoms with E-state index in [1.165, 1.54) is 63.4 Å². The fourth-order valence-corrected chi connectivity index (χ4v) is 2.83. The molecule has 1 rings (SSSR count). The summed E-state index contributed by atoms with van der Waals surface area (Å²) in [6.45, 7) is 9.18. The van der Waals surface area contributed by atoms with Crippen molar-refractivity contribution in [1.29, 1.82) is 0 Å². The Balaban J connectivity index is 3.00. The van der Waals surface area contributed by atoms with E-state index in [-0.39, 0.29) is 0 Å². The Morgan fingerprint density at radius 3 is 1.79 bits per heavy atom. The molecule has 0 aliphatic rings. The van der Waals surface area contributed by atoms with Crippen molar-refractivity contribution < 1.29 is 0 Å². The van der Waals surface area contributed by atoms with Gasteiger partial charge in [0.2, 0.25) is 0 Å². The van der Waals surface area contributed by atoms with Crippen molar-refractivity contribution in [2.75, 3.05) is 0 Å². The van der Waals surface area contributed by atoms with Crippen LogP contribution in [0, 0.1) is 6.92 Å². The lowest BCUT2D eigenvalue weighted by atomic mass is 9.88. The molecule has 0 unspecified atom stereocenters. The molecule has 19 heavy (non-hydrogen) atoms. The summed E-state index contributed by atoms with van der Waals surface area (Å²) in [6.07, 6.45) is 11.7. The average molecular weight is 260 g/mol. The maximum atomic E-state index is 2.39. The van der Waals surface area contributed by atoms with E-state index in [0.717, 1.165) is 0 Å². The first-order valence-corrected chi connectivity index (χ1v) is 8.34. The van der Waals surface area contributed by atoms with Crippen molar-refractivity contribution in [1.82, 2.24) is 0 Å². The van der Waals surface area contributed by atoms with Crippen LogP contribution < -0.4 is 0 Å². The van der Waals surface area contributed by atoms with E-state index in [1.807, 2.05) is 0 Å². The van der Waals surface area contributed by atoms with Gasteiger partial charge in [0.05, 0.1) is 0 Å². The van der Waals surface area contributed by atoms with Gasteiger partial charge >= 0.3 is 0 Å². The van der Waals surface area contributed by atoms with E-state index in [1.54, 1.807) is 16.7 Å². The fourth-order valence-electron chi connectivity index (χ4n) is 2.83. The van der Waals surface area contributed by atoms with Crippen LogP contribution in [0.2, 0.25) is 0 Å². The summed E-state index contributed by atoms with van der Waals surface area (Å²) in [5.74, 6) is 0. The normalized spacial score (nSPS) is 10.9. The third-order valence-electron chi connectivity index (χ3n) is 4.12. The van der Waals surface area contributed by atoms with Gasteiger partial charge in [-0.3, -0.25) is 0 Å². The molecule has 0 heteroatoms. The Morgan fingerprint density at radius 1 is 0.684 bits per heavy atom. The molecule has 1 aromatic carbocycles. The van der Waals surface area contributed by atoms with Gasteiger partial charge in [-0.25, -0.2) is 0 Å². The Labute approximate surface area is 120 Å². The zero-order valence-electron chi connectivity index (χ0n) is 13.5. The predicted octanol–water partition coefficient (Wildman–Crippen LogP) is 6.02. The molecule has 0 nitrogen and oxygen atoms in total. The largest absolute Gasteiger partial charge is 0.0654 e. The van der Waals surface area contributed by atoms with Crippen LogP contribution in [0.3, 0.4) is 0 Å². The van der Waals surface area contributed by atoms with E-state index in [0.29, 0.717) is 0 Å². The van der Waals surface area contributed by atoms with E-state index < -0.39 is 0 Å². The molecule has 0 saturated heterocycles. The molecule has 0 radical (unpaired) electrons. The van der Waals surface area contributed by atoms with E-state index in [9.17, 15) is 0 Å². The lowest BCUT2D eigenvalue weighted by Gasteiger charge is -2.17. The molecule has 0 aliphatic carbocycles. The number of aryl methyl sites for hydroxylation is 2. The van der Waals surface area contributed by atoms with E-state index in [4.69, 9.17) is 0 Å². The number of rotatable bonds is 9. The van der Waals surface area contributed by atoms with Crippen LogP contribution in [-0.2, 0) is 19.3 Å². The molecule has 0 heterocycles. The maximum Gasteiger partial charge on any atom is -0.0273 e. The van der Waals surface area contributed by atoms with Crippen LogP contribution in [0.4, 0.5) is 0 Å². The van der Waals surface area contributed by atoms with Gasteiger partial charge in [-0.2, -0.15) is 0 Å². The molecule has 0 aliphatic heterocycles. The molecular weight excluding hydrogens is 228 g/mol. The Kier molecular flexibility index (Phi) is 7.86. The molecule has 0 N–H and O–H groups in total. The van der Waals surface area contributed by atoms with Crippen LogP contribution in [0.25, 0.3) is 0 Å². The molecule has 0 spiro atoms. The first kappa shape index (κ1) is 16.3. The summed E-state index contributed by atoms with van der Waals surface area (Å²) in [4.78, 5) is 0. The second-order valence-electron chi connectivity index (χ2n) is 5.81. The number of unbranched alkanes of at least 4 members (excludes halogenated alkanes) is 3. The van der Waals surface area contributed by atoms with Crippen molar-refractivity contribution in [3.63, 3.8) is 0 Å². The smallest absolute Gasteiger partial charge is 0.0273 e. The topological polar surface area (TPSA) is 0 Å². The maximum absolute atomic E-state index is 2.39. The van der Waals surface area contributed by atoms with Crippen LogP contribution in [0.1, 0.15) is 81.5 Å². The summed E-state index contributed by atoms with van der Waals surface area (Å²) in [7, 11) is 0. The van der Waals surface area contributed by atoms with Crippen LogP contribution >= 0.6 is 0 Å². The zero-order chi connectivity index (χ0) is 14.1. The lowest BCUT2D eigenvalue weighted by molar-refractivity contribution is 0.732. The van der Waals surface area contributed by atoms with E-state index in [2.05, 4.69) is 39.8 Å². The molecular formula is C19H32. The van der Waals surface area contributed by atoms with Gasteiger partial charge in [0.15, 0.2) is 0 Å². The summed E-state index contributed by atoms with van der Waals surface area (Å²) < 4.78 is 0. The molecule has 1 aromatic rings. The lowest BCUT2D eigenvalue weighted by Crippen LogP contribution is -2.04. The number of hydrogen-bond donors (Lipinski definition) is 0. The van der Waals surface area contributed by atoms with Gasteiger partial charge in [0, 0.05) is 0 Å². The third kappa shape index (κ3) is 5.01. The van der Waals surface area contributed by atoms with Crippen LogP contribution in [0.15, 0.2) is 12.1 Å². The summed E-state index contributed by atoms with van der Waals surface area (Å²) >= 11 is 0. The minimum atomic E-state index is 1.27. The highest BCUT2D eigenvalue weighted by molar-refractivity contribution is 5.41. The molecule has 0 bridgehead atoms. The van der Waals surface area contributed by atoms with Crippen LogP contribution in [0.5, 0.6) is 0 Å². The molecule has 0 atom stereocenters. The highest BCUT2D eigenvalue weighted by atomic mass is 14.2. The van der Waals surface area contributed by atoms with Gasteiger partial charge in [-0.05, 0) is 67.7 Å². The van der Waals surface area contributed by atoms with Gasteiger partial charge in [-0.1, -0.05) is 52.2 Å². The minimum Gasteiger partial charge on any atom is -0.0654 e. The monoisotopic (exact) mass is 260 g/mol. The van der Waals surface area contributed by atoms with Crippen molar-refractivity contribution >= 4 is 0 Å². The zero-order valence-corrected chi connectivity index (χ0v) is 13.5. The number of benzene rings is 1. The van der Waals surface area contributed by atoms with Gasteiger partial charge in [0.25, 0.3) is 0 Å². The second kappa shape index (κ2) is 9.18. The van der Waals surface area contributed by atoms with Crippen molar-refractivity contribution in [3.8, 4) is 0 Å². The van der Waals surface area contributed by atoms with E-state index >= 15 is 0 Å². The highest BCUT2D eigenvalue weighted by Crippen LogP contribution is 2.24. The SMILES string of the molecule is CCCCc1ccc(C)c(CCCC)c1CCCC. The summed E-state index contributed by atoms with van der Waals surface area (Å²) in [6, 6.07) is 4.75. The quantitative estimate of drug-likeness (QED) is 0.509. The molecule has 108 valence electrons. The summed E-state index contributed by atoms with van der Waals surface area (Å²) in [5, 5.41) is 0. The molecule has 0 aromatic heterocycles. The van der Waals surface area contributed by atoms with Crippen molar-refractivity contribution in [2.24, 2.45) is 0 Å². The molecule has 0 amide bonds. The van der Waals surface area contributed by atoms with Gasteiger partial charge < -0.3 is 0 Å². The Morgan fingerprint density at radius 2 is 1.21 bits per heavy atom. The minimum absolute atomic E-state index is 1.27. The third-order valence-corrected chi connectivity index (χ3v) is 4.12. The second-order valence-corrected chi connectivity index (χ2v) is 5.81. The van der Waals surface area contributed by atoms with Gasteiger partial charge in [-0.15, -0.1) is 0 Å². The predicted molar refractivity (Wildman–Crippen MR) is 87.0 cm³/mol. The fraction of sp³-hybridized carbons (Fsp3) is 0.684. The molecule has 0 fully saturated rings. The summed E-state index contributed by atoms with van der Waals surface area (Å²) in [5.41, 5.74) is 6.51. The van der Waals surface area contributed by atoms with Crippen LogP contribution in [-0.4, -0.2) is 0 Å². The van der Waals surface area contributed by atoms with Crippen molar-refractivity contribution in [3.05, 3.63) is 34.4 Å². The van der Waals surface area contributed by atoms with Crippen molar-refractivity contribution in [2.45, 2.75) is 85.5 Å². The van der Waals surface area contributed by atoms with Gasteiger partial charge in [0.1, 0.15) is 0 Å². The Bertz CT molecular complexity index is 363. The average Bonchev–Trinajstić information content (AvgIpc) is 2.42. The Hall–Kier alpha value is -0.780. The first-order valence-electron chi connectivity index (χ1n) is 8.34. The highest BCUT2D eigenvalue weighted by Gasteiger charge is 2.10. The molecule has 0 saturated carbocycles.